The highest BCUT2D eigenvalue weighted by molar-refractivity contribution is 5.95. The molecule has 138 valence electrons. The first-order valence-corrected chi connectivity index (χ1v) is 9.18. The van der Waals surface area contributed by atoms with Crippen molar-refractivity contribution in [3.8, 4) is 5.75 Å². The Kier molecular flexibility index (Phi) is 4.17. The van der Waals surface area contributed by atoms with Gasteiger partial charge in [-0.1, -0.05) is 13.8 Å². The number of hydrogen-bond acceptors (Lipinski definition) is 4. The average Bonchev–Trinajstić information content (AvgIpc) is 3.33. The lowest BCUT2D eigenvalue weighted by Gasteiger charge is -2.36. The fourth-order valence-corrected chi connectivity index (χ4v) is 3.55. The Labute approximate surface area is 151 Å². The van der Waals surface area contributed by atoms with Gasteiger partial charge in [0, 0.05) is 18.5 Å². The van der Waals surface area contributed by atoms with Crippen LogP contribution in [0.2, 0.25) is 0 Å². The van der Waals surface area contributed by atoms with Gasteiger partial charge in [0.25, 0.3) is 5.91 Å². The second kappa shape index (κ2) is 6.37. The molecule has 0 spiro atoms. The average molecular weight is 358 g/mol. The number of phenolic OH excluding ortho intramolecular Hbond substituents is 1. The summed E-state index contributed by atoms with van der Waals surface area (Å²) in [5.74, 6) is 1.22. The predicted molar refractivity (Wildman–Crippen MR) is 93.3 cm³/mol. The summed E-state index contributed by atoms with van der Waals surface area (Å²) in [7, 11) is 0. The van der Waals surface area contributed by atoms with Crippen LogP contribution in [0.15, 0.2) is 18.2 Å². The number of aromatic hydroxyl groups is 1. The summed E-state index contributed by atoms with van der Waals surface area (Å²) in [6, 6.07) is 3.44. The van der Waals surface area contributed by atoms with Crippen LogP contribution in [-0.2, 0) is 6.54 Å². The van der Waals surface area contributed by atoms with Gasteiger partial charge in [-0.2, -0.15) is 5.10 Å². The van der Waals surface area contributed by atoms with Gasteiger partial charge in [-0.25, -0.2) is 14.1 Å². The Morgan fingerprint density at radius 1 is 1.35 bits per heavy atom. The normalized spacial score (nSPS) is 19.7. The molecule has 1 fully saturated rings. The smallest absolute Gasteiger partial charge is 0.257 e. The molecular formula is C19H23FN4O2. The third-order valence-electron chi connectivity index (χ3n) is 5.02. The Hall–Kier alpha value is -2.44. The molecule has 1 N–H and O–H groups in total. The van der Waals surface area contributed by atoms with Crippen LogP contribution in [-0.4, -0.2) is 37.2 Å². The molecule has 0 unspecified atom stereocenters. The van der Waals surface area contributed by atoms with Gasteiger partial charge in [-0.15, -0.1) is 0 Å². The third-order valence-corrected chi connectivity index (χ3v) is 5.02. The largest absolute Gasteiger partial charge is 0.508 e. The van der Waals surface area contributed by atoms with Crippen molar-refractivity contribution in [2.75, 3.05) is 6.54 Å². The first-order valence-electron chi connectivity index (χ1n) is 9.18. The van der Waals surface area contributed by atoms with Crippen molar-refractivity contribution in [3.63, 3.8) is 0 Å². The summed E-state index contributed by atoms with van der Waals surface area (Å²) in [5, 5.41) is 14.0. The van der Waals surface area contributed by atoms with Crippen molar-refractivity contribution in [2.24, 2.45) is 5.92 Å². The minimum atomic E-state index is -0.705. The summed E-state index contributed by atoms with van der Waals surface area (Å²) in [6.07, 6.45) is 2.99. The van der Waals surface area contributed by atoms with Crippen LogP contribution in [0.5, 0.6) is 5.75 Å². The molecular weight excluding hydrogens is 335 g/mol. The van der Waals surface area contributed by atoms with Crippen LogP contribution in [0.25, 0.3) is 0 Å². The van der Waals surface area contributed by atoms with Crippen molar-refractivity contribution < 1.29 is 14.3 Å². The van der Waals surface area contributed by atoms with Gasteiger partial charge in [0.05, 0.1) is 18.2 Å². The molecule has 26 heavy (non-hydrogen) atoms. The fraction of sp³-hybridized carbons (Fsp3) is 0.526. The van der Waals surface area contributed by atoms with Crippen molar-refractivity contribution in [3.05, 3.63) is 41.2 Å². The van der Waals surface area contributed by atoms with Crippen molar-refractivity contribution >= 4 is 5.91 Å². The zero-order chi connectivity index (χ0) is 18.4. The van der Waals surface area contributed by atoms with Gasteiger partial charge in [-0.05, 0) is 37.3 Å². The minimum absolute atomic E-state index is 0.0214. The second-order valence-electron chi connectivity index (χ2n) is 7.63. The number of phenols is 1. The number of amides is 1. The maximum absolute atomic E-state index is 14.2. The lowest BCUT2D eigenvalue weighted by Crippen LogP contribution is -2.43. The molecule has 1 atom stereocenters. The molecule has 0 bridgehead atoms. The van der Waals surface area contributed by atoms with Crippen LogP contribution in [0.1, 0.15) is 67.1 Å². The first kappa shape index (κ1) is 17.0. The lowest BCUT2D eigenvalue weighted by atomic mass is 9.99. The molecule has 1 amide bonds. The Morgan fingerprint density at radius 3 is 2.77 bits per heavy atom. The van der Waals surface area contributed by atoms with E-state index in [-0.39, 0.29) is 23.3 Å². The third kappa shape index (κ3) is 3.06. The van der Waals surface area contributed by atoms with Gasteiger partial charge in [-0.3, -0.25) is 4.79 Å². The van der Waals surface area contributed by atoms with E-state index in [1.807, 2.05) is 4.68 Å². The monoisotopic (exact) mass is 358 g/mol. The molecule has 1 aliphatic carbocycles. The van der Waals surface area contributed by atoms with Gasteiger partial charge in [0.2, 0.25) is 0 Å². The van der Waals surface area contributed by atoms with Gasteiger partial charge in [0.15, 0.2) is 5.82 Å². The van der Waals surface area contributed by atoms with Crippen molar-refractivity contribution in [2.45, 2.75) is 51.6 Å². The maximum atomic E-state index is 14.2. The minimum Gasteiger partial charge on any atom is -0.508 e. The van der Waals surface area contributed by atoms with E-state index in [4.69, 9.17) is 4.98 Å². The first-order chi connectivity index (χ1) is 12.4. The number of aromatic nitrogens is 3. The van der Waals surface area contributed by atoms with Crippen LogP contribution in [0, 0.1) is 11.7 Å². The van der Waals surface area contributed by atoms with E-state index < -0.39 is 5.82 Å². The van der Waals surface area contributed by atoms with E-state index in [0.717, 1.165) is 37.0 Å². The number of carbonyl (C=O) groups is 1. The van der Waals surface area contributed by atoms with E-state index in [9.17, 15) is 14.3 Å². The number of halogens is 1. The second-order valence-corrected chi connectivity index (χ2v) is 7.63. The van der Waals surface area contributed by atoms with Crippen LogP contribution in [0.4, 0.5) is 4.39 Å². The number of fused-ring (bicyclic) bond motifs is 1. The highest BCUT2D eigenvalue weighted by Crippen LogP contribution is 2.40. The molecule has 1 aromatic carbocycles. The highest BCUT2D eigenvalue weighted by Gasteiger charge is 2.37. The maximum Gasteiger partial charge on any atom is 0.257 e. The molecule has 2 heterocycles. The van der Waals surface area contributed by atoms with Crippen LogP contribution in [0.3, 0.4) is 0 Å². The summed E-state index contributed by atoms with van der Waals surface area (Å²) < 4.78 is 16.1. The molecule has 4 rings (SSSR count). The molecule has 1 aromatic heterocycles. The highest BCUT2D eigenvalue weighted by atomic mass is 19.1. The van der Waals surface area contributed by atoms with Crippen LogP contribution >= 0.6 is 0 Å². The molecule has 1 saturated carbocycles. The SMILES string of the molecule is CC(C)C[C@H]1c2nc(C3CC3)nn2CCN1C(=O)c1ccc(O)cc1F. The van der Waals surface area contributed by atoms with Gasteiger partial charge < -0.3 is 10.0 Å². The van der Waals surface area contributed by atoms with Gasteiger partial charge in [0.1, 0.15) is 17.4 Å². The molecule has 0 saturated heterocycles. The molecule has 6 nitrogen and oxygen atoms in total. The van der Waals surface area contributed by atoms with E-state index in [0.29, 0.717) is 24.9 Å². The van der Waals surface area contributed by atoms with Crippen molar-refractivity contribution in [1.29, 1.82) is 0 Å². The number of benzene rings is 1. The summed E-state index contributed by atoms with van der Waals surface area (Å²) in [6.45, 7) is 5.23. The lowest BCUT2D eigenvalue weighted by molar-refractivity contribution is 0.0574. The fourth-order valence-electron chi connectivity index (χ4n) is 3.55. The molecule has 1 aliphatic heterocycles. The molecule has 0 radical (unpaired) electrons. The number of hydrogen-bond donors (Lipinski definition) is 1. The zero-order valence-corrected chi connectivity index (χ0v) is 15.0. The Morgan fingerprint density at radius 2 is 2.12 bits per heavy atom. The standard InChI is InChI=1S/C19H23FN4O2/c1-11(2)9-16-18-21-17(12-3-4-12)22-24(18)8-7-23(16)19(26)14-6-5-13(25)10-15(14)20/h5-6,10-12,16,25H,3-4,7-9H2,1-2H3/t16-/m0/s1. The Bertz CT molecular complexity index is 844. The zero-order valence-electron chi connectivity index (χ0n) is 15.0. The molecule has 2 aromatic rings. The number of carbonyl (C=O) groups excluding carboxylic acids is 1. The summed E-state index contributed by atoms with van der Waals surface area (Å²) in [4.78, 5) is 19.5. The summed E-state index contributed by atoms with van der Waals surface area (Å²) >= 11 is 0. The van der Waals surface area contributed by atoms with E-state index in [2.05, 4.69) is 18.9 Å². The quantitative estimate of drug-likeness (QED) is 0.911. The number of rotatable bonds is 4. The topological polar surface area (TPSA) is 71.2 Å². The van der Waals surface area contributed by atoms with Crippen LogP contribution < -0.4 is 0 Å². The predicted octanol–water partition coefficient (Wildman–Crippen LogP) is 3.24. The Balaban J connectivity index is 1.68. The number of nitrogens with zero attached hydrogens (tertiary/aromatic N) is 4. The molecule has 2 aliphatic rings. The van der Waals surface area contributed by atoms with Gasteiger partial charge >= 0.3 is 0 Å². The summed E-state index contributed by atoms with van der Waals surface area (Å²) in [5.41, 5.74) is -0.0214. The van der Waals surface area contributed by atoms with E-state index in [1.165, 1.54) is 12.1 Å². The van der Waals surface area contributed by atoms with E-state index in [1.54, 1.807) is 4.90 Å². The molecule has 7 heteroatoms. The van der Waals surface area contributed by atoms with Crippen molar-refractivity contribution in [1.82, 2.24) is 19.7 Å². The van der Waals surface area contributed by atoms with E-state index >= 15 is 0 Å².